The Morgan fingerprint density at radius 2 is 1.79 bits per heavy atom. The van der Waals surface area contributed by atoms with Gasteiger partial charge in [-0.15, -0.1) is 0 Å². The number of benzene rings is 1. The summed E-state index contributed by atoms with van der Waals surface area (Å²) in [5.41, 5.74) is 0.551. The van der Waals surface area contributed by atoms with E-state index < -0.39 is 11.9 Å². The average Bonchev–Trinajstić information content (AvgIpc) is 3.22. The van der Waals surface area contributed by atoms with Crippen molar-refractivity contribution in [2.75, 3.05) is 20.2 Å². The van der Waals surface area contributed by atoms with Crippen LogP contribution in [0.15, 0.2) is 24.4 Å². The lowest BCUT2D eigenvalue weighted by molar-refractivity contribution is 0.0600. The van der Waals surface area contributed by atoms with Crippen LogP contribution in [0.5, 0.6) is 0 Å². The van der Waals surface area contributed by atoms with E-state index in [-0.39, 0.29) is 34.1 Å². The Kier molecular flexibility index (Phi) is 7.94. The number of aromatic amines is 1. The van der Waals surface area contributed by atoms with Crippen LogP contribution in [-0.2, 0) is 4.74 Å². The number of unbranched alkanes of at least 4 members (excludes halogenated alkanes) is 2. The maximum Gasteiger partial charge on any atom is 0.337 e. The first kappa shape index (κ1) is 22.1. The molecule has 2 N–H and O–H groups in total. The highest BCUT2D eigenvalue weighted by Gasteiger charge is 2.21. The Labute approximate surface area is 169 Å². The average molecular weight is 401 g/mol. The molecule has 29 heavy (non-hydrogen) atoms. The number of ether oxygens (including phenoxy) is 1. The molecule has 0 aliphatic heterocycles. The molecule has 1 aromatic carbocycles. The number of H-pyrrole nitrogens is 1. The van der Waals surface area contributed by atoms with Crippen molar-refractivity contribution in [1.82, 2.24) is 14.9 Å². The van der Waals surface area contributed by atoms with Gasteiger partial charge in [-0.3, -0.25) is 4.79 Å². The van der Waals surface area contributed by atoms with Gasteiger partial charge < -0.3 is 19.7 Å². The van der Waals surface area contributed by atoms with Gasteiger partial charge in [0.1, 0.15) is 11.5 Å². The number of hydrogen-bond acceptors (Lipinski definition) is 5. The summed E-state index contributed by atoms with van der Waals surface area (Å²) in [4.78, 5) is 45.2. The second-order valence-electron chi connectivity index (χ2n) is 6.69. The topological polar surface area (TPSA) is 113 Å². The zero-order valence-corrected chi connectivity index (χ0v) is 17.0. The van der Waals surface area contributed by atoms with E-state index in [9.17, 15) is 19.5 Å². The van der Waals surface area contributed by atoms with Gasteiger partial charge in [-0.2, -0.15) is 0 Å². The Balaban J connectivity index is 2.33. The van der Waals surface area contributed by atoms with Gasteiger partial charge in [0, 0.05) is 24.8 Å². The summed E-state index contributed by atoms with van der Waals surface area (Å²) in [6, 6.07) is 4.18. The number of carboxylic acids is 1. The number of nitrogens with one attached hydrogen (secondary N) is 1. The maximum absolute atomic E-state index is 12.9. The van der Waals surface area contributed by atoms with Crippen molar-refractivity contribution in [3.8, 4) is 11.4 Å². The van der Waals surface area contributed by atoms with E-state index in [4.69, 9.17) is 0 Å². The van der Waals surface area contributed by atoms with Gasteiger partial charge in [0.15, 0.2) is 0 Å². The van der Waals surface area contributed by atoms with Gasteiger partial charge in [-0.05, 0) is 31.0 Å². The number of methoxy groups -OCH3 is 1. The van der Waals surface area contributed by atoms with Gasteiger partial charge in [0.2, 0.25) is 0 Å². The molecule has 0 fully saturated rings. The van der Waals surface area contributed by atoms with Crippen molar-refractivity contribution in [1.29, 1.82) is 0 Å². The smallest absolute Gasteiger partial charge is 0.337 e. The zero-order valence-electron chi connectivity index (χ0n) is 17.0. The minimum Gasteiger partial charge on any atom is -0.478 e. The molecule has 1 amide bonds. The number of carbonyl (C=O) groups is 3. The summed E-state index contributed by atoms with van der Waals surface area (Å²) < 4.78 is 4.64. The Morgan fingerprint density at radius 3 is 2.34 bits per heavy atom. The molecule has 0 unspecified atom stereocenters. The minimum atomic E-state index is -1.21. The molecule has 0 radical (unpaired) electrons. The SMILES string of the molecule is CCCCN(CCCC)C(=O)c1c[nH]c(-c2ccc(C(=O)OC)cc2C(=O)O)n1. The number of carbonyl (C=O) groups excluding carboxylic acids is 2. The van der Waals surface area contributed by atoms with Gasteiger partial charge in [0.25, 0.3) is 5.91 Å². The number of aromatic nitrogens is 2. The molecule has 0 aliphatic rings. The lowest BCUT2D eigenvalue weighted by atomic mass is 10.0. The van der Waals surface area contributed by atoms with Crippen molar-refractivity contribution >= 4 is 17.8 Å². The lowest BCUT2D eigenvalue weighted by Crippen LogP contribution is -2.33. The Bertz CT molecular complexity index is 867. The van der Waals surface area contributed by atoms with E-state index >= 15 is 0 Å². The predicted octanol–water partition coefficient (Wildman–Crippen LogP) is 3.60. The molecule has 0 aliphatic carbocycles. The number of hydrogen-bond donors (Lipinski definition) is 2. The first-order chi connectivity index (χ1) is 13.9. The third-order valence-corrected chi connectivity index (χ3v) is 4.57. The maximum atomic E-state index is 12.9. The quantitative estimate of drug-likeness (QED) is 0.588. The predicted molar refractivity (Wildman–Crippen MR) is 108 cm³/mol. The number of imidazole rings is 1. The van der Waals surface area contributed by atoms with Crippen molar-refractivity contribution in [2.24, 2.45) is 0 Å². The molecule has 0 spiro atoms. The molecule has 0 saturated heterocycles. The van der Waals surface area contributed by atoms with Gasteiger partial charge in [-0.1, -0.05) is 26.7 Å². The normalized spacial score (nSPS) is 10.6. The molecular weight excluding hydrogens is 374 g/mol. The molecule has 2 aromatic rings. The fraction of sp³-hybridized carbons (Fsp3) is 0.429. The summed E-state index contributed by atoms with van der Waals surface area (Å²) in [5, 5.41) is 9.54. The van der Waals surface area contributed by atoms with Crippen molar-refractivity contribution in [3.05, 3.63) is 41.2 Å². The first-order valence-electron chi connectivity index (χ1n) is 9.73. The van der Waals surface area contributed by atoms with E-state index in [1.165, 1.54) is 31.5 Å². The van der Waals surface area contributed by atoms with Gasteiger partial charge in [-0.25, -0.2) is 14.6 Å². The summed E-state index contributed by atoms with van der Waals surface area (Å²) in [6.45, 7) is 5.46. The molecule has 0 bridgehead atoms. The van der Waals surface area contributed by atoms with Crippen LogP contribution in [0.1, 0.15) is 70.7 Å². The van der Waals surface area contributed by atoms with E-state index in [0.717, 1.165) is 25.7 Å². The number of amides is 1. The van der Waals surface area contributed by atoms with E-state index in [2.05, 4.69) is 28.6 Å². The van der Waals surface area contributed by atoms with Crippen LogP contribution in [0.4, 0.5) is 0 Å². The minimum absolute atomic E-state index is 0.102. The van der Waals surface area contributed by atoms with E-state index in [1.54, 1.807) is 4.90 Å². The fourth-order valence-corrected chi connectivity index (χ4v) is 2.92. The highest BCUT2D eigenvalue weighted by Crippen LogP contribution is 2.23. The molecule has 1 aromatic heterocycles. The molecular formula is C21H27N3O5. The third kappa shape index (κ3) is 5.43. The monoisotopic (exact) mass is 401 g/mol. The van der Waals surface area contributed by atoms with Gasteiger partial charge in [0.05, 0.1) is 18.2 Å². The molecule has 8 nitrogen and oxygen atoms in total. The van der Waals surface area contributed by atoms with E-state index in [1.807, 2.05) is 0 Å². The third-order valence-electron chi connectivity index (χ3n) is 4.57. The Hall–Kier alpha value is -3.16. The van der Waals surface area contributed by atoms with Gasteiger partial charge >= 0.3 is 11.9 Å². The highest BCUT2D eigenvalue weighted by molar-refractivity contribution is 6.00. The van der Waals surface area contributed by atoms with Crippen LogP contribution in [0.3, 0.4) is 0 Å². The molecule has 156 valence electrons. The lowest BCUT2D eigenvalue weighted by Gasteiger charge is -2.21. The molecule has 8 heteroatoms. The van der Waals surface area contributed by atoms with E-state index in [0.29, 0.717) is 13.1 Å². The largest absolute Gasteiger partial charge is 0.478 e. The summed E-state index contributed by atoms with van der Waals surface area (Å²) >= 11 is 0. The summed E-state index contributed by atoms with van der Waals surface area (Å²) in [7, 11) is 1.23. The molecule has 0 saturated carbocycles. The van der Waals surface area contributed by atoms with Crippen LogP contribution in [0, 0.1) is 0 Å². The number of rotatable bonds is 10. The number of aromatic carboxylic acids is 1. The fourth-order valence-electron chi connectivity index (χ4n) is 2.92. The van der Waals surface area contributed by atoms with Crippen LogP contribution in [-0.4, -0.2) is 58.0 Å². The van der Waals surface area contributed by atoms with Crippen LogP contribution < -0.4 is 0 Å². The molecule has 1 heterocycles. The highest BCUT2D eigenvalue weighted by atomic mass is 16.5. The molecule has 0 atom stereocenters. The number of carboxylic acid groups (broad SMARTS) is 1. The first-order valence-corrected chi connectivity index (χ1v) is 9.73. The molecule has 2 rings (SSSR count). The second-order valence-corrected chi connectivity index (χ2v) is 6.69. The zero-order chi connectivity index (χ0) is 21.4. The van der Waals surface area contributed by atoms with Crippen molar-refractivity contribution < 1.29 is 24.2 Å². The van der Waals surface area contributed by atoms with Crippen molar-refractivity contribution in [3.63, 3.8) is 0 Å². The Morgan fingerprint density at radius 1 is 1.14 bits per heavy atom. The standard InChI is InChI=1S/C21H27N3O5/c1-4-6-10-24(11-7-5-2)19(25)17-13-22-18(23-17)15-9-8-14(21(28)29-3)12-16(15)20(26)27/h8-9,12-13H,4-7,10-11H2,1-3H3,(H,22,23)(H,26,27). The summed E-state index contributed by atoms with van der Waals surface area (Å²) in [5.74, 6) is -1.76. The second kappa shape index (κ2) is 10.4. The van der Waals surface area contributed by atoms with Crippen molar-refractivity contribution in [2.45, 2.75) is 39.5 Å². The van der Waals surface area contributed by atoms with Crippen LogP contribution >= 0.6 is 0 Å². The number of nitrogens with zero attached hydrogens (tertiary/aromatic N) is 2. The van der Waals surface area contributed by atoms with Crippen LogP contribution in [0.2, 0.25) is 0 Å². The van der Waals surface area contributed by atoms with Crippen LogP contribution in [0.25, 0.3) is 11.4 Å². The summed E-state index contributed by atoms with van der Waals surface area (Å²) in [6.07, 6.45) is 5.27. The number of esters is 1.